The fraction of sp³-hybridized carbons (Fsp3) is 0.889. The average Bonchev–Trinajstić information content (AvgIpc) is 2.53. The van der Waals surface area contributed by atoms with E-state index < -0.39 is 17.9 Å². The summed E-state index contributed by atoms with van der Waals surface area (Å²) in [7, 11) is 0. The van der Waals surface area contributed by atoms with Crippen molar-refractivity contribution in [3.05, 3.63) is 11.9 Å². The van der Waals surface area contributed by atoms with Gasteiger partial charge in [0.05, 0.1) is 19.3 Å². The highest BCUT2D eigenvalue weighted by Crippen LogP contribution is 2.37. The quantitative estimate of drug-likeness (QED) is 0.564. The van der Waals surface area contributed by atoms with E-state index in [0.717, 1.165) is 51.7 Å². The zero-order valence-electron chi connectivity index (χ0n) is 14.3. The maximum absolute atomic E-state index is 13.6. The van der Waals surface area contributed by atoms with Crippen molar-refractivity contribution in [2.24, 2.45) is 17.8 Å². The van der Waals surface area contributed by atoms with E-state index in [1.165, 1.54) is 0 Å². The third-order valence-electron chi connectivity index (χ3n) is 5.08. The molecule has 2 rings (SSSR count). The molecule has 0 spiro atoms. The Morgan fingerprint density at radius 2 is 1.58 bits per heavy atom. The second-order valence-electron chi connectivity index (χ2n) is 7.12. The first-order valence-corrected chi connectivity index (χ1v) is 9.05. The van der Waals surface area contributed by atoms with Gasteiger partial charge < -0.3 is 9.47 Å². The van der Waals surface area contributed by atoms with Crippen molar-refractivity contribution in [3.8, 4) is 0 Å². The minimum absolute atomic E-state index is 0.155. The van der Waals surface area contributed by atoms with Crippen molar-refractivity contribution in [3.63, 3.8) is 0 Å². The van der Waals surface area contributed by atoms with Crippen LogP contribution in [0, 0.1) is 17.8 Å². The Labute approximate surface area is 141 Å². The Morgan fingerprint density at radius 1 is 0.958 bits per heavy atom. The molecule has 24 heavy (non-hydrogen) atoms. The molecule has 0 unspecified atom stereocenters. The molecule has 1 aliphatic heterocycles. The van der Waals surface area contributed by atoms with Gasteiger partial charge in [0.25, 0.3) is 0 Å². The lowest BCUT2D eigenvalue weighted by Crippen LogP contribution is -2.32. The molecule has 1 aliphatic carbocycles. The Bertz CT molecular complexity index is 392. The molecule has 0 aromatic rings. The van der Waals surface area contributed by atoms with Gasteiger partial charge >= 0.3 is 6.18 Å². The first kappa shape index (κ1) is 19.7. The Hall–Kier alpha value is -0.620. The van der Waals surface area contributed by atoms with Gasteiger partial charge in [0, 0.05) is 11.8 Å². The summed E-state index contributed by atoms with van der Waals surface area (Å²) in [6.45, 7) is 3.65. The molecule has 1 heterocycles. The molecule has 0 bridgehead atoms. The maximum Gasteiger partial charge on any atom is 0.412 e. The van der Waals surface area contributed by atoms with Crippen LogP contribution in [0.5, 0.6) is 0 Å². The Morgan fingerprint density at radius 3 is 2.12 bits per heavy atom. The number of ether oxygens (including phenoxy) is 2. The Kier molecular flexibility index (Phi) is 7.54. The molecule has 0 aromatic heterocycles. The van der Waals surface area contributed by atoms with E-state index in [1.54, 1.807) is 0 Å². The molecular weight excluding hydrogens is 324 g/mol. The van der Waals surface area contributed by atoms with Crippen LogP contribution in [0.4, 0.5) is 17.6 Å². The van der Waals surface area contributed by atoms with Crippen molar-refractivity contribution in [2.45, 2.75) is 70.8 Å². The summed E-state index contributed by atoms with van der Waals surface area (Å²) in [5.74, 6) is -0.660. The van der Waals surface area contributed by atoms with Gasteiger partial charge in [-0.25, -0.2) is 4.39 Å². The van der Waals surface area contributed by atoms with E-state index in [1.807, 2.05) is 0 Å². The first-order chi connectivity index (χ1) is 11.4. The topological polar surface area (TPSA) is 18.5 Å². The van der Waals surface area contributed by atoms with E-state index in [2.05, 4.69) is 6.92 Å². The van der Waals surface area contributed by atoms with Crippen molar-refractivity contribution in [1.82, 2.24) is 0 Å². The minimum atomic E-state index is -4.56. The van der Waals surface area contributed by atoms with Crippen LogP contribution in [0.1, 0.15) is 58.3 Å². The number of hydrogen-bond donors (Lipinski definition) is 0. The summed E-state index contributed by atoms with van der Waals surface area (Å²) in [5.41, 5.74) is 0. The molecule has 2 fully saturated rings. The number of halogens is 4. The molecular formula is C18H28F4O2. The van der Waals surface area contributed by atoms with Crippen LogP contribution in [0.15, 0.2) is 11.9 Å². The summed E-state index contributed by atoms with van der Waals surface area (Å²) >= 11 is 0. The van der Waals surface area contributed by atoms with Crippen molar-refractivity contribution >= 4 is 0 Å². The third kappa shape index (κ3) is 6.71. The molecule has 0 radical (unpaired) electrons. The highest BCUT2D eigenvalue weighted by molar-refractivity contribution is 5.02. The van der Waals surface area contributed by atoms with E-state index in [-0.39, 0.29) is 12.4 Å². The number of hydrogen-bond acceptors (Lipinski definition) is 2. The number of allylic oxidation sites excluding steroid dienone is 2. The molecule has 1 saturated carbocycles. The minimum Gasteiger partial charge on any atom is -0.352 e. The second kappa shape index (κ2) is 9.18. The van der Waals surface area contributed by atoms with Crippen LogP contribution >= 0.6 is 0 Å². The highest BCUT2D eigenvalue weighted by atomic mass is 19.4. The van der Waals surface area contributed by atoms with E-state index in [4.69, 9.17) is 9.47 Å². The van der Waals surface area contributed by atoms with E-state index in [0.29, 0.717) is 24.7 Å². The summed E-state index contributed by atoms with van der Waals surface area (Å²) in [5, 5.41) is 0. The molecule has 1 saturated heterocycles. The lowest BCUT2D eigenvalue weighted by atomic mass is 9.79. The van der Waals surface area contributed by atoms with Crippen molar-refractivity contribution in [2.75, 3.05) is 13.2 Å². The lowest BCUT2D eigenvalue weighted by molar-refractivity contribution is -0.205. The van der Waals surface area contributed by atoms with Gasteiger partial charge in [-0.05, 0) is 50.9 Å². The molecule has 0 N–H and O–H groups in total. The maximum atomic E-state index is 13.6. The molecule has 2 nitrogen and oxygen atoms in total. The smallest absolute Gasteiger partial charge is 0.352 e. The predicted octanol–water partition coefficient (Wildman–Crippen LogP) is 5.78. The fourth-order valence-electron chi connectivity index (χ4n) is 3.70. The van der Waals surface area contributed by atoms with Crippen LogP contribution in [-0.2, 0) is 9.47 Å². The van der Waals surface area contributed by atoms with Gasteiger partial charge in [0.15, 0.2) is 6.29 Å². The predicted molar refractivity (Wildman–Crippen MR) is 84.0 cm³/mol. The van der Waals surface area contributed by atoms with Gasteiger partial charge in [0.2, 0.25) is 0 Å². The monoisotopic (exact) mass is 352 g/mol. The van der Waals surface area contributed by atoms with E-state index in [9.17, 15) is 17.6 Å². The van der Waals surface area contributed by atoms with Crippen LogP contribution < -0.4 is 0 Å². The molecule has 0 amide bonds. The summed E-state index contributed by atoms with van der Waals surface area (Å²) in [4.78, 5) is 0. The third-order valence-corrected chi connectivity index (χ3v) is 5.08. The zero-order valence-corrected chi connectivity index (χ0v) is 14.3. The molecule has 0 aromatic carbocycles. The van der Waals surface area contributed by atoms with Gasteiger partial charge in [-0.2, -0.15) is 13.2 Å². The molecule has 6 heteroatoms. The number of rotatable bonds is 6. The largest absolute Gasteiger partial charge is 0.412 e. The Balaban J connectivity index is 1.64. The second-order valence-corrected chi connectivity index (χ2v) is 7.12. The fourth-order valence-corrected chi connectivity index (χ4v) is 3.70. The summed E-state index contributed by atoms with van der Waals surface area (Å²) in [6, 6.07) is 0. The SMILES string of the molecule is CCCC1COC(CCC2CCC(C(F)=CC(F)(F)F)CC2)OC1. The van der Waals surface area contributed by atoms with Crippen molar-refractivity contribution in [1.29, 1.82) is 0 Å². The van der Waals surface area contributed by atoms with Crippen LogP contribution in [0.3, 0.4) is 0 Å². The standard InChI is InChI=1S/C18H28F4O2/c1-2-3-14-11-23-17(24-12-14)9-6-13-4-7-15(8-5-13)16(19)10-18(20,21)22/h10,13-15,17H,2-9,11-12H2,1H3. The molecule has 0 atom stereocenters. The van der Waals surface area contributed by atoms with Gasteiger partial charge in [-0.1, -0.05) is 13.3 Å². The summed E-state index contributed by atoms with van der Waals surface area (Å²) in [6.07, 6.45) is 1.62. The average molecular weight is 352 g/mol. The van der Waals surface area contributed by atoms with E-state index >= 15 is 0 Å². The van der Waals surface area contributed by atoms with Crippen LogP contribution in [0.25, 0.3) is 0 Å². The van der Waals surface area contributed by atoms with Crippen LogP contribution in [-0.4, -0.2) is 25.7 Å². The summed E-state index contributed by atoms with van der Waals surface area (Å²) < 4.78 is 61.6. The van der Waals surface area contributed by atoms with Crippen molar-refractivity contribution < 1.29 is 27.0 Å². The van der Waals surface area contributed by atoms with Gasteiger partial charge in [-0.15, -0.1) is 0 Å². The number of alkyl halides is 3. The molecule has 140 valence electrons. The highest BCUT2D eigenvalue weighted by Gasteiger charge is 2.31. The van der Waals surface area contributed by atoms with Gasteiger partial charge in [0.1, 0.15) is 5.83 Å². The first-order valence-electron chi connectivity index (χ1n) is 9.05. The van der Waals surface area contributed by atoms with Crippen LogP contribution in [0.2, 0.25) is 0 Å². The molecule has 2 aliphatic rings. The van der Waals surface area contributed by atoms with Gasteiger partial charge in [-0.3, -0.25) is 0 Å². The zero-order chi connectivity index (χ0) is 17.6. The normalized spacial score (nSPS) is 32.8. The lowest BCUT2D eigenvalue weighted by Gasteiger charge is -2.32.